The van der Waals surface area contributed by atoms with Crippen LogP contribution < -0.4 is 5.32 Å². The number of nitrogens with zero attached hydrogens (tertiary/aromatic N) is 2. The number of hydrogen-bond donors (Lipinski definition) is 1. The van der Waals surface area contributed by atoms with Gasteiger partial charge in [-0.15, -0.1) is 11.3 Å². The molecule has 102 valence electrons. The summed E-state index contributed by atoms with van der Waals surface area (Å²) in [5.74, 6) is 2.19. The van der Waals surface area contributed by atoms with Gasteiger partial charge in [0.15, 0.2) is 5.82 Å². The summed E-state index contributed by atoms with van der Waals surface area (Å²) in [4.78, 5) is 10.5. The molecule has 0 saturated carbocycles. The minimum atomic E-state index is 0.399. The highest BCUT2D eigenvalue weighted by molar-refractivity contribution is 14.1. The minimum Gasteiger partial charge on any atom is -0.369 e. The van der Waals surface area contributed by atoms with Gasteiger partial charge in [0.25, 0.3) is 0 Å². The molecule has 0 fully saturated rings. The molecule has 5 heteroatoms. The molecule has 2 rings (SSSR count). The molecule has 0 aliphatic carbocycles. The van der Waals surface area contributed by atoms with Crippen LogP contribution in [0, 0.1) is 3.57 Å². The van der Waals surface area contributed by atoms with Gasteiger partial charge in [-0.05, 0) is 46.4 Å². The summed E-state index contributed by atoms with van der Waals surface area (Å²) in [6.07, 6.45) is 1.09. The smallest absolute Gasteiger partial charge is 0.171 e. The fraction of sp³-hybridized carbons (Fsp3) is 0.429. The van der Waals surface area contributed by atoms with E-state index in [2.05, 4.69) is 65.1 Å². The summed E-state index contributed by atoms with van der Waals surface area (Å²) in [7, 11) is 0. The summed E-state index contributed by atoms with van der Waals surface area (Å²) in [6.45, 7) is 7.44. The molecule has 0 unspecified atom stereocenters. The summed E-state index contributed by atoms with van der Waals surface area (Å²) in [5.41, 5.74) is 1.12. The van der Waals surface area contributed by atoms with E-state index in [-0.39, 0.29) is 0 Å². The molecule has 0 bridgehead atoms. The van der Waals surface area contributed by atoms with E-state index in [9.17, 15) is 0 Å². The third-order valence-corrected chi connectivity index (χ3v) is 4.64. The van der Waals surface area contributed by atoms with Crippen LogP contribution in [-0.4, -0.2) is 16.5 Å². The number of rotatable bonds is 5. The zero-order valence-electron chi connectivity index (χ0n) is 11.4. The van der Waals surface area contributed by atoms with Gasteiger partial charge in [0.1, 0.15) is 5.82 Å². The van der Waals surface area contributed by atoms with Crippen LogP contribution in [0.1, 0.15) is 38.8 Å². The Kier molecular flexibility index (Phi) is 5.15. The van der Waals surface area contributed by atoms with E-state index in [0.29, 0.717) is 5.92 Å². The highest BCUT2D eigenvalue weighted by Crippen LogP contribution is 2.29. The van der Waals surface area contributed by atoms with Crippen LogP contribution in [-0.2, 0) is 0 Å². The van der Waals surface area contributed by atoms with Crippen molar-refractivity contribution in [1.82, 2.24) is 9.97 Å². The lowest BCUT2D eigenvalue weighted by Crippen LogP contribution is -2.09. The third-order valence-electron chi connectivity index (χ3n) is 2.71. The number of hydrogen-bond acceptors (Lipinski definition) is 4. The average molecular weight is 387 g/mol. The molecular formula is C14H18IN3S. The first-order chi connectivity index (χ1) is 9.13. The molecule has 2 heterocycles. The molecule has 1 N–H and O–H groups in total. The van der Waals surface area contributed by atoms with Gasteiger partial charge in [-0.25, -0.2) is 9.97 Å². The second-order valence-electron chi connectivity index (χ2n) is 4.65. The Morgan fingerprint density at radius 2 is 2.16 bits per heavy atom. The second kappa shape index (κ2) is 6.65. The van der Waals surface area contributed by atoms with Crippen molar-refractivity contribution in [3.63, 3.8) is 0 Å². The largest absolute Gasteiger partial charge is 0.369 e. The maximum atomic E-state index is 4.73. The molecule has 0 spiro atoms. The van der Waals surface area contributed by atoms with Gasteiger partial charge in [0, 0.05) is 6.54 Å². The van der Waals surface area contributed by atoms with Crippen molar-refractivity contribution >= 4 is 39.7 Å². The van der Waals surface area contributed by atoms with Crippen molar-refractivity contribution in [3.05, 3.63) is 26.8 Å². The fourth-order valence-electron chi connectivity index (χ4n) is 1.72. The van der Waals surface area contributed by atoms with Crippen LogP contribution in [0.2, 0.25) is 0 Å². The highest BCUT2D eigenvalue weighted by Gasteiger charge is 2.15. The number of halogens is 1. The maximum Gasteiger partial charge on any atom is 0.171 e. The van der Waals surface area contributed by atoms with Gasteiger partial charge in [0.2, 0.25) is 0 Å². The van der Waals surface area contributed by atoms with Crippen LogP contribution in [0.25, 0.3) is 10.7 Å². The van der Waals surface area contributed by atoms with E-state index in [4.69, 9.17) is 4.98 Å². The van der Waals surface area contributed by atoms with Gasteiger partial charge in [-0.1, -0.05) is 26.8 Å². The van der Waals surface area contributed by atoms with Crippen LogP contribution in [0.4, 0.5) is 5.82 Å². The quantitative estimate of drug-likeness (QED) is 0.753. The Morgan fingerprint density at radius 3 is 2.74 bits per heavy atom. The van der Waals surface area contributed by atoms with Crippen molar-refractivity contribution in [1.29, 1.82) is 0 Å². The molecule has 2 aromatic rings. The molecular weight excluding hydrogens is 369 g/mol. The Hall–Kier alpha value is -0.690. The summed E-state index contributed by atoms with van der Waals surface area (Å²) >= 11 is 4.03. The van der Waals surface area contributed by atoms with Crippen molar-refractivity contribution in [2.24, 2.45) is 0 Å². The van der Waals surface area contributed by atoms with E-state index < -0.39 is 0 Å². The Balaban J connectivity index is 2.47. The number of thiophene rings is 1. The van der Waals surface area contributed by atoms with Gasteiger partial charge in [0.05, 0.1) is 14.1 Å². The molecule has 0 aromatic carbocycles. The average Bonchev–Trinajstić information content (AvgIpc) is 2.91. The van der Waals surface area contributed by atoms with Gasteiger partial charge in [-0.3, -0.25) is 0 Å². The van der Waals surface area contributed by atoms with Gasteiger partial charge in [-0.2, -0.15) is 0 Å². The normalized spacial score (nSPS) is 11.0. The van der Waals surface area contributed by atoms with Crippen LogP contribution in [0.5, 0.6) is 0 Å². The predicted molar refractivity (Wildman–Crippen MR) is 90.9 cm³/mol. The molecule has 0 amide bonds. The van der Waals surface area contributed by atoms with Crippen molar-refractivity contribution in [2.45, 2.75) is 33.1 Å². The summed E-state index contributed by atoms with van der Waals surface area (Å²) in [6, 6.07) is 4.11. The van der Waals surface area contributed by atoms with E-state index in [1.807, 2.05) is 6.07 Å². The lowest BCUT2D eigenvalue weighted by molar-refractivity contribution is 0.808. The maximum absolute atomic E-state index is 4.73. The van der Waals surface area contributed by atoms with Crippen LogP contribution >= 0.6 is 33.9 Å². The van der Waals surface area contributed by atoms with E-state index in [0.717, 1.165) is 38.7 Å². The zero-order chi connectivity index (χ0) is 13.8. The highest BCUT2D eigenvalue weighted by atomic mass is 127. The lowest BCUT2D eigenvalue weighted by atomic mass is 10.1. The van der Waals surface area contributed by atoms with Crippen LogP contribution in [0.15, 0.2) is 17.5 Å². The fourth-order valence-corrected chi connectivity index (χ4v) is 3.44. The van der Waals surface area contributed by atoms with Gasteiger partial charge < -0.3 is 5.32 Å². The predicted octanol–water partition coefficient (Wildman–Crippen LogP) is 4.76. The molecule has 2 aromatic heterocycles. The molecule has 0 atom stereocenters. The molecule has 0 saturated heterocycles. The first-order valence-electron chi connectivity index (χ1n) is 6.48. The third kappa shape index (κ3) is 3.45. The number of nitrogens with one attached hydrogen (secondary N) is 1. The number of aromatic nitrogens is 2. The minimum absolute atomic E-state index is 0.399. The summed E-state index contributed by atoms with van der Waals surface area (Å²) in [5, 5.41) is 5.47. The molecule has 0 radical (unpaired) electrons. The van der Waals surface area contributed by atoms with Crippen molar-refractivity contribution in [2.75, 3.05) is 11.9 Å². The topological polar surface area (TPSA) is 37.8 Å². The Labute approximate surface area is 132 Å². The number of anilines is 1. The van der Waals surface area contributed by atoms with Crippen molar-refractivity contribution in [3.8, 4) is 10.7 Å². The SMILES string of the molecule is CCCNc1nc(-c2cccs2)nc(C(C)C)c1I. The second-order valence-corrected chi connectivity index (χ2v) is 6.68. The zero-order valence-corrected chi connectivity index (χ0v) is 14.4. The molecule has 3 nitrogen and oxygen atoms in total. The van der Waals surface area contributed by atoms with Crippen molar-refractivity contribution < 1.29 is 0 Å². The first-order valence-corrected chi connectivity index (χ1v) is 8.44. The molecule has 0 aliphatic rings. The van der Waals surface area contributed by atoms with Gasteiger partial charge >= 0.3 is 0 Å². The van der Waals surface area contributed by atoms with E-state index in [1.54, 1.807) is 11.3 Å². The standard InChI is InChI=1S/C14H18IN3S/c1-4-7-16-14-11(15)12(9(2)3)17-13(18-14)10-6-5-8-19-10/h5-6,8-9H,4,7H2,1-3H3,(H,16,17,18). The van der Waals surface area contributed by atoms with Crippen LogP contribution in [0.3, 0.4) is 0 Å². The summed E-state index contributed by atoms with van der Waals surface area (Å²) < 4.78 is 1.14. The first kappa shape index (κ1) is 14.7. The monoisotopic (exact) mass is 387 g/mol. The molecule has 0 aliphatic heterocycles. The Morgan fingerprint density at radius 1 is 1.37 bits per heavy atom. The lowest BCUT2D eigenvalue weighted by Gasteiger charge is -2.14. The van der Waals surface area contributed by atoms with E-state index >= 15 is 0 Å². The van der Waals surface area contributed by atoms with E-state index in [1.165, 1.54) is 0 Å². The molecule has 19 heavy (non-hydrogen) atoms. The Bertz CT molecular complexity index is 538.